The molecule has 24 nitrogen and oxygen atoms in total. The summed E-state index contributed by atoms with van der Waals surface area (Å²) >= 11 is 0. The lowest BCUT2D eigenvalue weighted by atomic mass is 10.1. The highest BCUT2D eigenvalue weighted by atomic mass is 31.2. The second-order valence-electron chi connectivity index (χ2n) is 23.7. The highest BCUT2D eigenvalue weighted by Gasteiger charge is 2.40. The average molecular weight is 1530 g/mol. The maximum Gasteiger partial charge on any atom is 0.408 e. The van der Waals surface area contributed by atoms with Gasteiger partial charge in [-0.3, -0.25) is 54.3 Å². The van der Waals surface area contributed by atoms with Crippen LogP contribution in [0.1, 0.15) is 150 Å². The fraction of sp³-hybridized carbons (Fsp3) is 0.500. The highest BCUT2D eigenvalue weighted by molar-refractivity contribution is 7.52. The van der Waals surface area contributed by atoms with Gasteiger partial charge in [0.05, 0.1) is 79.3 Å². The number of benzene rings is 6. The molecule has 0 aliphatic carbocycles. The van der Waals surface area contributed by atoms with Gasteiger partial charge in [0, 0.05) is 78.5 Å². The van der Waals surface area contributed by atoms with E-state index >= 15 is 0 Å². The molecular weight excluding hydrogens is 1420 g/mol. The number of nitrogens with zero attached hydrogens (tertiary/aromatic N) is 6. The average Bonchev–Trinajstić information content (AvgIpc) is 0.840. The van der Waals surface area contributed by atoms with Crippen molar-refractivity contribution in [1.82, 2.24) is 28.0 Å². The van der Waals surface area contributed by atoms with Crippen LogP contribution in [0.5, 0.6) is 0 Å². The number of hydrogen-bond donors (Lipinski definition) is 0. The molecule has 10 aliphatic heterocycles. The van der Waals surface area contributed by atoms with Crippen LogP contribution >= 0.6 is 46.5 Å². The summed E-state index contributed by atoms with van der Waals surface area (Å²) in [5.41, 5.74) is 9.72. The lowest BCUT2D eigenvalue weighted by molar-refractivity contribution is 0.160. The standard InChI is InChI=1S/C72H108N6O18P6/c1-13-85-97(79,86-14-2)73-49-61-25-29-63(30-26-61)51-74(98(80,87-15-3)88-16-4)53-65-33-37-67(38-34-65)55-76(100(82,91-19-7)92-20-8)57-69-41-45-71(46-42-69)59-78(102(84,95-23-11)96-24-12)60-72-47-43-70(44-48-72)58-77(101(83,93-21-9)94-22-10)56-68-39-35-66(36-40-68)54-75(99(81,89-17-5)90-18-6)52-64-31-27-62(50-73)28-32-64/h25-48H,13-24,49-60H2,1-12H3. The minimum absolute atomic E-state index is 0.136. The van der Waals surface area contributed by atoms with E-state index in [4.69, 9.17) is 54.3 Å². The third kappa shape index (κ3) is 24.5. The second kappa shape index (κ2) is 41.9. The molecule has 0 radical (unpaired) electrons. The lowest BCUT2D eigenvalue weighted by Crippen LogP contribution is -2.24. The first-order chi connectivity index (χ1) is 49.1. The van der Waals surface area contributed by atoms with Gasteiger partial charge in [0.2, 0.25) is 0 Å². The fourth-order valence-electron chi connectivity index (χ4n) is 11.6. The van der Waals surface area contributed by atoms with E-state index in [-0.39, 0.29) is 158 Å². The molecule has 0 atom stereocenters. The van der Waals surface area contributed by atoms with Crippen molar-refractivity contribution in [3.05, 3.63) is 212 Å². The van der Waals surface area contributed by atoms with Crippen LogP contribution in [0.25, 0.3) is 0 Å². The molecule has 30 heteroatoms. The van der Waals surface area contributed by atoms with Crippen LogP contribution in [0, 0.1) is 0 Å². The van der Waals surface area contributed by atoms with Gasteiger partial charge in [0.15, 0.2) is 0 Å². The third-order valence-electron chi connectivity index (χ3n) is 16.1. The van der Waals surface area contributed by atoms with Gasteiger partial charge in [-0.1, -0.05) is 146 Å². The van der Waals surface area contributed by atoms with Crippen molar-refractivity contribution in [3.63, 3.8) is 0 Å². The Hall–Kier alpha value is -4.02. The fourth-order valence-corrected chi connectivity index (χ4v) is 21.9. The van der Waals surface area contributed by atoms with Crippen LogP contribution in [0.4, 0.5) is 0 Å². The Morgan fingerprint density at radius 2 is 0.245 bits per heavy atom. The molecule has 6 aromatic carbocycles. The summed E-state index contributed by atoms with van der Waals surface area (Å²) < 4.78 is 171. The smallest absolute Gasteiger partial charge is 0.297 e. The van der Waals surface area contributed by atoms with Crippen molar-refractivity contribution in [2.75, 3.05) is 79.3 Å². The topological polar surface area (TPSA) is 233 Å². The van der Waals surface area contributed by atoms with E-state index in [1.54, 1.807) is 111 Å². The largest absolute Gasteiger partial charge is 0.408 e. The molecule has 12 bridgehead atoms. The van der Waals surface area contributed by atoms with E-state index in [1.165, 1.54) is 0 Å². The van der Waals surface area contributed by atoms with Crippen LogP contribution in [-0.2, 0) is 160 Å². The molecule has 0 N–H and O–H groups in total. The Morgan fingerprint density at radius 1 is 0.176 bits per heavy atom. The summed E-state index contributed by atoms with van der Waals surface area (Å²) in [5.74, 6) is 0. The van der Waals surface area contributed by atoms with Gasteiger partial charge in [-0.15, -0.1) is 0 Å². The van der Waals surface area contributed by atoms with Gasteiger partial charge < -0.3 is 0 Å². The van der Waals surface area contributed by atoms with Gasteiger partial charge in [-0.25, -0.2) is 27.4 Å². The first-order valence-corrected chi connectivity index (χ1v) is 44.4. The Balaban J connectivity index is 1.31. The third-order valence-corrected chi connectivity index (χ3v) is 29.0. The van der Waals surface area contributed by atoms with Gasteiger partial charge in [-0.2, -0.15) is 28.0 Å². The quantitative estimate of drug-likeness (QED) is 0.0381. The van der Waals surface area contributed by atoms with Crippen molar-refractivity contribution in [1.29, 1.82) is 0 Å². The van der Waals surface area contributed by atoms with Crippen LogP contribution in [0.15, 0.2) is 146 Å². The van der Waals surface area contributed by atoms with Crippen LogP contribution in [-0.4, -0.2) is 107 Å². The van der Waals surface area contributed by atoms with E-state index < -0.39 is 46.5 Å². The Kier molecular flexibility index (Phi) is 35.0. The predicted octanol–water partition coefficient (Wildman–Crippen LogP) is 19.1. The van der Waals surface area contributed by atoms with Crippen molar-refractivity contribution >= 4 is 46.5 Å². The van der Waals surface area contributed by atoms with E-state index in [1.807, 2.05) is 146 Å². The molecule has 16 rings (SSSR count). The van der Waals surface area contributed by atoms with E-state index in [9.17, 15) is 27.4 Å². The molecule has 564 valence electrons. The zero-order chi connectivity index (χ0) is 73.8. The maximum absolute atomic E-state index is 14.8. The van der Waals surface area contributed by atoms with E-state index in [2.05, 4.69) is 0 Å². The van der Waals surface area contributed by atoms with Gasteiger partial charge in [-0.05, 0) is 150 Å². The number of rotatable bonds is 30. The molecule has 10 aliphatic rings. The Labute approximate surface area is 606 Å². The Bertz CT molecular complexity index is 2930. The molecular formula is C72H108N6O18P6. The van der Waals surface area contributed by atoms with Gasteiger partial charge in [0.1, 0.15) is 0 Å². The minimum atomic E-state index is -3.88. The van der Waals surface area contributed by atoms with Crippen LogP contribution in [0.3, 0.4) is 0 Å². The normalized spacial score (nSPS) is 16.1. The first-order valence-electron chi connectivity index (χ1n) is 35.4. The van der Waals surface area contributed by atoms with Crippen molar-refractivity contribution in [2.45, 2.75) is 162 Å². The van der Waals surface area contributed by atoms with Crippen molar-refractivity contribution < 1.29 is 81.7 Å². The summed E-state index contributed by atoms with van der Waals surface area (Å²) in [6, 6.07) is 46.4. The molecule has 0 spiro atoms. The zero-order valence-electron chi connectivity index (χ0n) is 61.5. The first kappa shape index (κ1) is 85.2. The predicted molar refractivity (Wildman–Crippen MR) is 399 cm³/mol. The molecule has 0 saturated carbocycles. The minimum Gasteiger partial charge on any atom is -0.297 e. The highest BCUT2D eigenvalue weighted by Crippen LogP contribution is 2.59. The zero-order valence-corrected chi connectivity index (χ0v) is 66.9. The molecule has 6 aromatic rings. The van der Waals surface area contributed by atoms with Crippen molar-refractivity contribution in [2.24, 2.45) is 0 Å². The van der Waals surface area contributed by atoms with Crippen molar-refractivity contribution in [3.8, 4) is 0 Å². The molecule has 0 fully saturated rings. The lowest BCUT2D eigenvalue weighted by Gasteiger charge is -2.31. The van der Waals surface area contributed by atoms with Gasteiger partial charge in [0.25, 0.3) is 0 Å². The summed E-state index contributed by atoms with van der Waals surface area (Å²) in [7, 11) is -23.3. The Morgan fingerprint density at radius 3 is 0.304 bits per heavy atom. The number of hydrogen-bond acceptors (Lipinski definition) is 18. The maximum atomic E-state index is 14.8. The monoisotopic (exact) mass is 1530 g/mol. The van der Waals surface area contributed by atoms with Gasteiger partial charge >= 0.3 is 46.5 Å². The molecule has 0 unspecified atom stereocenters. The molecule has 0 amide bonds. The second-order valence-corrected chi connectivity index (χ2v) is 35.8. The SMILES string of the molecule is CCOP(=O)(OCC)N1Cc2ccc(cc2)CN(P(=O)(OCC)OCC)Cc2ccc(cc2)CN(P(=O)(OCC)OCC)Cc2ccc(cc2)CN(P(=O)(OCC)OCC)Cc2ccc(cc2)CN(P(=O)(OCC)OCC)Cc2ccc(cc2)CN(P(=O)(OCC)OCC)Cc2ccc(cc2)C1. The van der Waals surface area contributed by atoms with Crippen LogP contribution in [0.2, 0.25) is 0 Å². The van der Waals surface area contributed by atoms with E-state index in [0.29, 0.717) is 0 Å². The summed E-state index contributed by atoms with van der Waals surface area (Å²) in [5, 5.41) is 0. The molecule has 10 heterocycles. The molecule has 0 aromatic heterocycles. The van der Waals surface area contributed by atoms with E-state index in [0.717, 1.165) is 66.8 Å². The summed E-state index contributed by atoms with van der Waals surface area (Å²) in [6.07, 6.45) is 0. The summed E-state index contributed by atoms with van der Waals surface area (Å²) in [4.78, 5) is 0. The summed E-state index contributed by atoms with van der Waals surface area (Å²) in [6.45, 7) is 25.0. The van der Waals surface area contributed by atoms with Crippen LogP contribution < -0.4 is 0 Å². The molecule has 102 heavy (non-hydrogen) atoms. The molecule has 0 saturated heterocycles.